The van der Waals surface area contributed by atoms with E-state index in [0.717, 1.165) is 23.9 Å². The van der Waals surface area contributed by atoms with Crippen LogP contribution in [0.15, 0.2) is 24.3 Å². The number of nitrogens with one attached hydrogen (secondary N) is 1. The summed E-state index contributed by atoms with van der Waals surface area (Å²) in [6.45, 7) is 8.05. The zero-order valence-corrected chi connectivity index (χ0v) is 14.9. The van der Waals surface area contributed by atoms with Crippen molar-refractivity contribution >= 4 is 22.6 Å². The van der Waals surface area contributed by atoms with Gasteiger partial charge in [-0.1, -0.05) is 24.3 Å². The normalized spacial score (nSPS) is 23.2. The van der Waals surface area contributed by atoms with Crippen LogP contribution >= 0.6 is 0 Å². The Balaban J connectivity index is 1.68. The molecule has 5 nitrogen and oxygen atoms in total. The predicted octanol–water partition coefficient (Wildman–Crippen LogP) is 1.57. The van der Waals surface area contributed by atoms with Crippen molar-refractivity contribution in [3.8, 4) is 0 Å². The Hall–Kier alpha value is -0.885. The van der Waals surface area contributed by atoms with Gasteiger partial charge in [-0.3, -0.25) is 0 Å². The van der Waals surface area contributed by atoms with Gasteiger partial charge in [0.15, 0.2) is 0 Å². The lowest BCUT2D eigenvalue weighted by Gasteiger charge is -2.32. The number of rotatable bonds is 5. The highest BCUT2D eigenvalue weighted by atomic mass is 32.2. The highest BCUT2D eigenvalue weighted by molar-refractivity contribution is 7.88. The van der Waals surface area contributed by atoms with Gasteiger partial charge >= 0.3 is 7.12 Å². The number of benzene rings is 1. The van der Waals surface area contributed by atoms with Gasteiger partial charge in [0.2, 0.25) is 10.0 Å². The van der Waals surface area contributed by atoms with E-state index in [-0.39, 0.29) is 23.0 Å². The van der Waals surface area contributed by atoms with E-state index in [1.165, 1.54) is 0 Å². The maximum Gasteiger partial charge on any atom is 0.494 e. The Morgan fingerprint density at radius 2 is 1.61 bits per heavy atom. The van der Waals surface area contributed by atoms with E-state index in [4.69, 9.17) is 9.31 Å². The molecule has 23 heavy (non-hydrogen) atoms. The first-order chi connectivity index (χ1) is 10.6. The molecular weight excluding hydrogens is 313 g/mol. The molecular formula is C16H24BNO4S. The second-order valence-corrected chi connectivity index (χ2v) is 9.23. The summed E-state index contributed by atoms with van der Waals surface area (Å²) >= 11 is 0. The van der Waals surface area contributed by atoms with Crippen LogP contribution in [-0.4, -0.2) is 32.8 Å². The van der Waals surface area contributed by atoms with Gasteiger partial charge in [-0.25, -0.2) is 13.1 Å². The summed E-state index contributed by atoms with van der Waals surface area (Å²) in [5.41, 5.74) is 0.903. The van der Waals surface area contributed by atoms with Crippen LogP contribution in [0.25, 0.3) is 0 Å². The number of hydrogen-bond donors (Lipinski definition) is 1. The third-order valence-corrected chi connectivity index (χ3v) is 6.19. The summed E-state index contributed by atoms with van der Waals surface area (Å²) in [5.74, 6) is 0.00709. The minimum atomic E-state index is -3.25. The molecule has 0 unspecified atom stereocenters. The van der Waals surface area contributed by atoms with Crippen molar-refractivity contribution in [3.63, 3.8) is 0 Å². The second kappa shape index (κ2) is 5.58. The third-order valence-electron chi connectivity index (χ3n) is 4.79. The van der Waals surface area contributed by atoms with Gasteiger partial charge in [0.25, 0.3) is 0 Å². The van der Waals surface area contributed by atoms with Crippen molar-refractivity contribution in [1.82, 2.24) is 4.72 Å². The van der Waals surface area contributed by atoms with E-state index < -0.39 is 17.1 Å². The first kappa shape index (κ1) is 17.0. The van der Waals surface area contributed by atoms with E-state index in [9.17, 15) is 8.42 Å². The summed E-state index contributed by atoms with van der Waals surface area (Å²) in [6, 6.07) is 7.55. The van der Waals surface area contributed by atoms with Crippen molar-refractivity contribution in [3.05, 3.63) is 29.8 Å². The summed E-state index contributed by atoms with van der Waals surface area (Å²) in [5, 5.41) is 0. The summed E-state index contributed by atoms with van der Waals surface area (Å²) in [6.07, 6.45) is 1.89. The maximum atomic E-state index is 12.0. The van der Waals surface area contributed by atoms with Crippen LogP contribution in [0.2, 0.25) is 0 Å². The Morgan fingerprint density at radius 1 is 1.09 bits per heavy atom. The zero-order valence-electron chi connectivity index (χ0n) is 14.1. The van der Waals surface area contributed by atoms with Gasteiger partial charge in [-0.05, 0) is 51.6 Å². The van der Waals surface area contributed by atoms with Crippen molar-refractivity contribution in [2.24, 2.45) is 0 Å². The molecule has 3 rings (SSSR count). The summed E-state index contributed by atoms with van der Waals surface area (Å²) in [4.78, 5) is 0. The van der Waals surface area contributed by atoms with Crippen LogP contribution in [0, 0.1) is 0 Å². The molecule has 1 aromatic carbocycles. The Morgan fingerprint density at radius 3 is 2.09 bits per heavy atom. The van der Waals surface area contributed by atoms with E-state index in [1.54, 1.807) is 0 Å². The highest BCUT2D eigenvalue weighted by Gasteiger charge is 2.51. The van der Waals surface area contributed by atoms with Crippen LogP contribution in [0.4, 0.5) is 0 Å². The SMILES string of the molecule is CC1(C)OB(c2ccc(CS(=O)(=O)NC3CC3)cc2)OC1(C)C. The Bertz CT molecular complexity index is 665. The van der Waals surface area contributed by atoms with Crippen molar-refractivity contribution in [2.45, 2.75) is 63.5 Å². The molecule has 0 bridgehead atoms. The molecule has 126 valence electrons. The molecule has 0 spiro atoms. The van der Waals surface area contributed by atoms with Gasteiger partial charge in [-0.2, -0.15) is 0 Å². The molecule has 7 heteroatoms. The fourth-order valence-electron chi connectivity index (χ4n) is 2.47. The lowest BCUT2D eigenvalue weighted by Crippen LogP contribution is -2.41. The van der Waals surface area contributed by atoms with E-state index >= 15 is 0 Å². The molecule has 0 amide bonds. The first-order valence-electron chi connectivity index (χ1n) is 8.02. The monoisotopic (exact) mass is 337 g/mol. The smallest absolute Gasteiger partial charge is 0.399 e. The number of sulfonamides is 1. The molecule has 2 aliphatic rings. The molecule has 1 aliphatic heterocycles. The molecule has 1 aromatic rings. The standard InChI is InChI=1S/C16H24BNO4S/c1-15(2)16(3,4)22-17(21-15)13-7-5-12(6-8-13)11-23(19,20)18-14-9-10-14/h5-8,14,18H,9-11H2,1-4H3. The average molecular weight is 337 g/mol. The molecule has 0 aromatic heterocycles. The lowest BCUT2D eigenvalue weighted by atomic mass is 9.79. The third kappa shape index (κ3) is 3.79. The quantitative estimate of drug-likeness (QED) is 0.829. The zero-order chi connectivity index (χ0) is 16.9. The molecule has 0 atom stereocenters. The Kier molecular flexibility index (Phi) is 4.12. The topological polar surface area (TPSA) is 64.6 Å². The maximum absolute atomic E-state index is 12.0. The fraction of sp³-hybridized carbons (Fsp3) is 0.625. The van der Waals surface area contributed by atoms with E-state index in [1.807, 2.05) is 52.0 Å². The lowest BCUT2D eigenvalue weighted by molar-refractivity contribution is 0.00578. The highest BCUT2D eigenvalue weighted by Crippen LogP contribution is 2.36. The molecule has 1 saturated carbocycles. The van der Waals surface area contributed by atoms with Gasteiger partial charge in [0.1, 0.15) is 0 Å². The molecule has 1 N–H and O–H groups in total. The van der Waals surface area contributed by atoms with E-state index in [0.29, 0.717) is 0 Å². The van der Waals surface area contributed by atoms with Gasteiger partial charge in [0.05, 0.1) is 17.0 Å². The molecule has 1 saturated heterocycles. The van der Waals surface area contributed by atoms with Crippen molar-refractivity contribution in [1.29, 1.82) is 0 Å². The largest absolute Gasteiger partial charge is 0.494 e. The minimum Gasteiger partial charge on any atom is -0.399 e. The second-order valence-electron chi connectivity index (χ2n) is 7.48. The van der Waals surface area contributed by atoms with Crippen LogP contribution in [-0.2, 0) is 25.1 Å². The molecule has 0 radical (unpaired) electrons. The average Bonchev–Trinajstić information content (AvgIpc) is 3.16. The number of hydrogen-bond acceptors (Lipinski definition) is 4. The molecule has 1 aliphatic carbocycles. The van der Waals surface area contributed by atoms with Gasteiger partial charge in [-0.15, -0.1) is 0 Å². The Labute approximate surface area is 138 Å². The van der Waals surface area contributed by atoms with Crippen LogP contribution in [0.1, 0.15) is 46.1 Å². The van der Waals surface area contributed by atoms with Crippen LogP contribution in [0.3, 0.4) is 0 Å². The molecule has 1 heterocycles. The van der Waals surface area contributed by atoms with Crippen molar-refractivity contribution in [2.75, 3.05) is 0 Å². The van der Waals surface area contributed by atoms with Gasteiger partial charge in [0, 0.05) is 6.04 Å². The molecule has 2 fully saturated rings. The minimum absolute atomic E-state index is 0.00709. The first-order valence-corrected chi connectivity index (χ1v) is 9.68. The summed E-state index contributed by atoms with van der Waals surface area (Å²) in [7, 11) is -3.67. The van der Waals surface area contributed by atoms with E-state index in [2.05, 4.69) is 4.72 Å². The van der Waals surface area contributed by atoms with Crippen LogP contribution < -0.4 is 10.2 Å². The fourth-order valence-corrected chi connectivity index (χ4v) is 3.92. The van der Waals surface area contributed by atoms with Gasteiger partial charge < -0.3 is 9.31 Å². The predicted molar refractivity (Wildman–Crippen MR) is 90.9 cm³/mol. The summed E-state index contributed by atoms with van der Waals surface area (Å²) < 4.78 is 38.7. The van der Waals surface area contributed by atoms with Crippen molar-refractivity contribution < 1.29 is 17.7 Å². The van der Waals surface area contributed by atoms with Crippen LogP contribution in [0.5, 0.6) is 0 Å².